The van der Waals surface area contributed by atoms with Crippen LogP contribution in [0.5, 0.6) is 0 Å². The average molecular weight is 498 g/mol. The Hall–Kier alpha value is -3.44. The summed E-state index contributed by atoms with van der Waals surface area (Å²) in [4.78, 5) is 46.1. The Labute approximate surface area is 203 Å². The summed E-state index contributed by atoms with van der Waals surface area (Å²) in [5, 5.41) is 9.07. The molecule has 0 saturated carbocycles. The maximum Gasteiger partial charge on any atom is 0.343 e. The number of hydrogen-bond donors (Lipinski definition) is 2. The van der Waals surface area contributed by atoms with Gasteiger partial charge in [0.05, 0.1) is 23.4 Å². The third kappa shape index (κ3) is 4.75. The Morgan fingerprint density at radius 2 is 2.03 bits per heavy atom. The number of fused-ring (bicyclic) bond motifs is 1. The van der Waals surface area contributed by atoms with E-state index in [0.717, 1.165) is 11.1 Å². The molecule has 1 atom stereocenters. The van der Waals surface area contributed by atoms with E-state index in [1.807, 2.05) is 42.6 Å². The monoisotopic (exact) mass is 497 g/mol. The number of carbonyl (C=O) groups excluding carboxylic acids is 2. The molecule has 0 bridgehead atoms. The number of thiophene rings is 1. The number of aryl methyl sites for hydroxylation is 1. The highest BCUT2D eigenvalue weighted by Gasteiger charge is 2.25. The lowest BCUT2D eigenvalue weighted by Crippen LogP contribution is -2.27. The van der Waals surface area contributed by atoms with Gasteiger partial charge in [0.1, 0.15) is 16.2 Å². The highest BCUT2D eigenvalue weighted by molar-refractivity contribution is 8.00. The number of benzene rings is 1. The zero-order valence-electron chi connectivity index (χ0n) is 18.8. The predicted molar refractivity (Wildman–Crippen MR) is 133 cm³/mol. The van der Waals surface area contributed by atoms with Crippen LogP contribution in [0.3, 0.4) is 0 Å². The second-order valence-electron chi connectivity index (χ2n) is 7.32. The predicted octanol–water partition coefficient (Wildman–Crippen LogP) is 4.07. The molecule has 0 aliphatic heterocycles. The van der Waals surface area contributed by atoms with Gasteiger partial charge in [-0.05, 0) is 18.9 Å². The molecule has 3 heterocycles. The van der Waals surface area contributed by atoms with Crippen molar-refractivity contribution in [2.75, 3.05) is 11.9 Å². The van der Waals surface area contributed by atoms with E-state index >= 15 is 0 Å². The molecule has 1 aromatic carbocycles. The van der Waals surface area contributed by atoms with Crippen LogP contribution in [0.1, 0.15) is 30.6 Å². The van der Waals surface area contributed by atoms with Crippen molar-refractivity contribution in [3.63, 3.8) is 0 Å². The normalized spacial score (nSPS) is 12.0. The maximum absolute atomic E-state index is 13.0. The summed E-state index contributed by atoms with van der Waals surface area (Å²) in [7, 11) is 1.63. The van der Waals surface area contributed by atoms with Gasteiger partial charge in [-0.3, -0.25) is 14.3 Å². The van der Waals surface area contributed by atoms with Gasteiger partial charge in [0.2, 0.25) is 5.91 Å². The molecule has 11 heteroatoms. The molecule has 3 aromatic heterocycles. The van der Waals surface area contributed by atoms with Crippen LogP contribution in [0.15, 0.2) is 51.9 Å². The molecule has 1 amide bonds. The molecule has 4 aromatic rings. The van der Waals surface area contributed by atoms with Crippen molar-refractivity contribution in [3.8, 4) is 11.1 Å². The molecule has 0 spiro atoms. The Morgan fingerprint density at radius 1 is 1.26 bits per heavy atom. The molecule has 0 saturated heterocycles. The third-order valence-corrected chi connectivity index (χ3v) is 7.22. The van der Waals surface area contributed by atoms with E-state index in [1.165, 1.54) is 34.0 Å². The fraction of sp³-hybridized carbons (Fsp3) is 0.261. The Kier molecular flexibility index (Phi) is 7.13. The first-order valence-corrected chi connectivity index (χ1v) is 12.4. The van der Waals surface area contributed by atoms with E-state index in [-0.39, 0.29) is 29.5 Å². The van der Waals surface area contributed by atoms with Crippen molar-refractivity contribution in [1.82, 2.24) is 19.7 Å². The zero-order chi connectivity index (χ0) is 24.2. The van der Waals surface area contributed by atoms with Crippen molar-refractivity contribution in [2.24, 2.45) is 7.05 Å². The number of hydrogen-bond acceptors (Lipinski definition) is 8. The number of nitrogens with one attached hydrogen (secondary N) is 2. The summed E-state index contributed by atoms with van der Waals surface area (Å²) in [5.41, 5.74) is 1.70. The van der Waals surface area contributed by atoms with Gasteiger partial charge in [0.25, 0.3) is 5.56 Å². The zero-order valence-corrected chi connectivity index (χ0v) is 20.5. The standard InChI is InChI=1S/C23H23N5O4S2/c1-4-16(19(29)25-18-14(11-24-28(18)3)22(31)32-5-2)34-23-26-20(30)17-15(12-33-21(17)27-23)13-9-7-6-8-10-13/h6-12,16H,4-5H2,1-3H3,(H,25,29)(H,26,27,30). The highest BCUT2D eigenvalue weighted by atomic mass is 32.2. The van der Waals surface area contributed by atoms with Gasteiger partial charge in [0, 0.05) is 18.0 Å². The Bertz CT molecular complexity index is 1390. The van der Waals surface area contributed by atoms with Crippen molar-refractivity contribution < 1.29 is 14.3 Å². The smallest absolute Gasteiger partial charge is 0.343 e. The lowest BCUT2D eigenvalue weighted by Gasteiger charge is -2.15. The first-order valence-electron chi connectivity index (χ1n) is 10.7. The molecule has 176 valence electrons. The largest absolute Gasteiger partial charge is 0.462 e. The van der Waals surface area contributed by atoms with Gasteiger partial charge in [-0.2, -0.15) is 5.10 Å². The summed E-state index contributed by atoms with van der Waals surface area (Å²) in [6.45, 7) is 3.78. The average Bonchev–Trinajstić information content (AvgIpc) is 3.42. The second kappa shape index (κ2) is 10.2. The van der Waals surface area contributed by atoms with Crippen molar-refractivity contribution in [1.29, 1.82) is 0 Å². The van der Waals surface area contributed by atoms with Crippen molar-refractivity contribution in [2.45, 2.75) is 30.7 Å². The minimum Gasteiger partial charge on any atom is -0.462 e. The molecular weight excluding hydrogens is 474 g/mol. The lowest BCUT2D eigenvalue weighted by molar-refractivity contribution is -0.115. The van der Waals surface area contributed by atoms with E-state index in [2.05, 4.69) is 20.4 Å². The molecular formula is C23H23N5O4S2. The number of carbonyl (C=O) groups is 2. The van der Waals surface area contributed by atoms with E-state index in [4.69, 9.17) is 4.74 Å². The van der Waals surface area contributed by atoms with Crippen LogP contribution in [0.2, 0.25) is 0 Å². The highest BCUT2D eigenvalue weighted by Crippen LogP contribution is 2.32. The van der Waals surface area contributed by atoms with Crippen LogP contribution in [0, 0.1) is 0 Å². The SMILES string of the molecule is CCOC(=O)c1cnn(C)c1NC(=O)C(CC)Sc1nc2scc(-c3ccccc3)c2c(=O)[nH]1. The molecule has 2 N–H and O–H groups in total. The van der Waals surface area contributed by atoms with Gasteiger partial charge < -0.3 is 15.0 Å². The van der Waals surface area contributed by atoms with E-state index in [0.29, 0.717) is 21.8 Å². The van der Waals surface area contributed by atoms with Crippen LogP contribution < -0.4 is 10.9 Å². The number of rotatable bonds is 8. The van der Waals surface area contributed by atoms with Gasteiger partial charge >= 0.3 is 5.97 Å². The molecule has 0 radical (unpaired) electrons. The molecule has 0 fully saturated rings. The molecule has 34 heavy (non-hydrogen) atoms. The number of H-pyrrole nitrogens is 1. The third-order valence-electron chi connectivity index (χ3n) is 5.10. The van der Waals surface area contributed by atoms with Crippen LogP contribution in [0.4, 0.5) is 5.82 Å². The number of esters is 1. The first-order chi connectivity index (χ1) is 16.4. The number of thioether (sulfide) groups is 1. The van der Waals surface area contributed by atoms with E-state index in [9.17, 15) is 14.4 Å². The van der Waals surface area contributed by atoms with Gasteiger partial charge in [-0.25, -0.2) is 9.78 Å². The number of aromatic amines is 1. The Morgan fingerprint density at radius 3 is 2.74 bits per heavy atom. The fourth-order valence-electron chi connectivity index (χ4n) is 3.41. The Balaban J connectivity index is 1.57. The second-order valence-corrected chi connectivity index (χ2v) is 9.37. The minimum absolute atomic E-state index is 0.178. The van der Waals surface area contributed by atoms with Gasteiger partial charge in [-0.15, -0.1) is 11.3 Å². The van der Waals surface area contributed by atoms with Crippen LogP contribution >= 0.6 is 23.1 Å². The topological polar surface area (TPSA) is 119 Å². The molecule has 9 nitrogen and oxygen atoms in total. The van der Waals surface area contributed by atoms with Crippen LogP contribution in [-0.2, 0) is 16.6 Å². The van der Waals surface area contributed by atoms with E-state index < -0.39 is 11.2 Å². The summed E-state index contributed by atoms with van der Waals surface area (Å²) >= 11 is 2.55. The van der Waals surface area contributed by atoms with Crippen molar-refractivity contribution >= 4 is 51.0 Å². The van der Waals surface area contributed by atoms with Gasteiger partial charge in [0.15, 0.2) is 5.16 Å². The molecule has 4 rings (SSSR count). The van der Waals surface area contributed by atoms with Crippen LogP contribution in [-0.4, -0.2) is 43.5 Å². The molecule has 1 unspecified atom stereocenters. The van der Waals surface area contributed by atoms with Gasteiger partial charge in [-0.1, -0.05) is 49.0 Å². The number of nitrogens with zero attached hydrogens (tertiary/aromatic N) is 3. The molecule has 0 aliphatic carbocycles. The number of aromatic nitrogens is 4. The summed E-state index contributed by atoms with van der Waals surface area (Å²) in [5.74, 6) is -0.638. The summed E-state index contributed by atoms with van der Waals surface area (Å²) in [6, 6.07) is 9.66. The van der Waals surface area contributed by atoms with Crippen LogP contribution in [0.25, 0.3) is 21.3 Å². The number of anilines is 1. The number of ether oxygens (including phenoxy) is 1. The maximum atomic E-state index is 13.0. The quantitative estimate of drug-likeness (QED) is 0.214. The first kappa shape index (κ1) is 23.7. The fourth-order valence-corrected chi connectivity index (χ4v) is 5.32. The van der Waals surface area contributed by atoms with E-state index in [1.54, 1.807) is 14.0 Å². The number of amides is 1. The van der Waals surface area contributed by atoms with Crippen molar-refractivity contribution in [3.05, 3.63) is 57.8 Å². The summed E-state index contributed by atoms with van der Waals surface area (Å²) in [6.07, 6.45) is 1.83. The summed E-state index contributed by atoms with van der Waals surface area (Å²) < 4.78 is 6.44. The lowest BCUT2D eigenvalue weighted by atomic mass is 10.1. The molecule has 0 aliphatic rings. The minimum atomic E-state index is -0.560.